The van der Waals surface area contributed by atoms with Crippen LogP contribution in [0.25, 0.3) is 98.3 Å². The Bertz CT molecular complexity index is 2720. The number of aromatic amines is 1. The fourth-order valence-corrected chi connectivity index (χ4v) is 7.43. The van der Waals surface area contributed by atoms with Crippen molar-refractivity contribution in [3.8, 4) is 22.3 Å². The zero-order valence-corrected chi connectivity index (χ0v) is 23.8. The van der Waals surface area contributed by atoms with Crippen molar-refractivity contribution >= 4 is 76.1 Å². The van der Waals surface area contributed by atoms with Gasteiger partial charge in [-0.1, -0.05) is 115 Å². The molecule has 204 valence electrons. The van der Waals surface area contributed by atoms with Gasteiger partial charge >= 0.3 is 0 Å². The van der Waals surface area contributed by atoms with Crippen LogP contribution in [0.2, 0.25) is 0 Å². The van der Waals surface area contributed by atoms with Crippen LogP contribution in [-0.4, -0.2) is 4.98 Å². The largest absolute Gasteiger partial charge is 0.456 e. The standard InChI is InChI=1S/C42H25NO/c1-2-11-26-24-39-36(22-25(26)10-1)35-23-27(20-21-38(35)44-39)40-29-13-3-5-15-31(29)41(32-16-6-4-14-30(32)40)34-18-9-17-33-28-12-7-8-19-37(28)43-42(33)34/h1-24,43H. The zero-order valence-electron chi connectivity index (χ0n) is 23.8. The number of H-pyrrole nitrogens is 1. The summed E-state index contributed by atoms with van der Waals surface area (Å²) in [4.78, 5) is 3.76. The number of para-hydroxylation sites is 2. The molecule has 0 unspecified atom stereocenters. The third-order valence-electron chi connectivity index (χ3n) is 9.37. The van der Waals surface area contributed by atoms with E-state index in [4.69, 9.17) is 4.42 Å². The highest BCUT2D eigenvalue weighted by molar-refractivity contribution is 6.25. The number of hydrogen-bond donors (Lipinski definition) is 1. The molecule has 10 rings (SSSR count). The van der Waals surface area contributed by atoms with Gasteiger partial charge < -0.3 is 9.40 Å². The van der Waals surface area contributed by atoms with Gasteiger partial charge in [-0.05, 0) is 79.3 Å². The van der Waals surface area contributed by atoms with E-state index in [0.29, 0.717) is 0 Å². The highest BCUT2D eigenvalue weighted by Crippen LogP contribution is 2.46. The van der Waals surface area contributed by atoms with E-state index in [-0.39, 0.29) is 0 Å². The molecule has 0 amide bonds. The lowest BCUT2D eigenvalue weighted by Gasteiger charge is -2.18. The summed E-state index contributed by atoms with van der Waals surface area (Å²) < 4.78 is 6.37. The third-order valence-corrected chi connectivity index (χ3v) is 9.37. The van der Waals surface area contributed by atoms with Gasteiger partial charge in [-0.2, -0.15) is 0 Å². The fraction of sp³-hybridized carbons (Fsp3) is 0. The Morgan fingerprint density at radius 2 is 0.977 bits per heavy atom. The van der Waals surface area contributed by atoms with Crippen molar-refractivity contribution in [2.24, 2.45) is 0 Å². The van der Waals surface area contributed by atoms with Crippen molar-refractivity contribution in [2.75, 3.05) is 0 Å². The Labute approximate surface area is 252 Å². The molecule has 0 bridgehead atoms. The third kappa shape index (κ3) is 3.25. The summed E-state index contributed by atoms with van der Waals surface area (Å²) in [7, 11) is 0. The van der Waals surface area contributed by atoms with Crippen LogP contribution < -0.4 is 0 Å². The van der Waals surface area contributed by atoms with Gasteiger partial charge in [0.1, 0.15) is 11.2 Å². The lowest BCUT2D eigenvalue weighted by Crippen LogP contribution is -1.91. The van der Waals surface area contributed by atoms with Crippen LogP contribution in [0.15, 0.2) is 150 Å². The van der Waals surface area contributed by atoms with Crippen molar-refractivity contribution in [3.05, 3.63) is 146 Å². The quantitative estimate of drug-likeness (QED) is 0.210. The van der Waals surface area contributed by atoms with Crippen LogP contribution in [0.4, 0.5) is 0 Å². The average Bonchev–Trinajstić information content (AvgIpc) is 3.64. The van der Waals surface area contributed by atoms with Crippen molar-refractivity contribution in [1.29, 1.82) is 0 Å². The molecule has 2 aromatic heterocycles. The molecule has 2 nitrogen and oxygen atoms in total. The van der Waals surface area contributed by atoms with Crippen molar-refractivity contribution in [2.45, 2.75) is 0 Å². The van der Waals surface area contributed by atoms with Gasteiger partial charge in [0.25, 0.3) is 0 Å². The predicted molar refractivity (Wildman–Crippen MR) is 186 cm³/mol. The first kappa shape index (κ1) is 23.7. The lowest BCUT2D eigenvalue weighted by atomic mass is 9.85. The molecule has 10 aromatic rings. The highest BCUT2D eigenvalue weighted by atomic mass is 16.3. The Kier molecular flexibility index (Phi) is 4.75. The first-order chi connectivity index (χ1) is 21.8. The number of aromatic nitrogens is 1. The van der Waals surface area contributed by atoms with Gasteiger partial charge in [-0.15, -0.1) is 0 Å². The number of nitrogens with one attached hydrogen (secondary N) is 1. The van der Waals surface area contributed by atoms with E-state index >= 15 is 0 Å². The number of furan rings is 1. The zero-order chi connectivity index (χ0) is 28.8. The summed E-state index contributed by atoms with van der Waals surface area (Å²) >= 11 is 0. The average molecular weight is 560 g/mol. The minimum Gasteiger partial charge on any atom is -0.456 e. The van der Waals surface area contributed by atoms with E-state index in [9.17, 15) is 0 Å². The molecule has 2 heterocycles. The number of benzene rings is 8. The SMILES string of the molecule is c1ccc2cc3c(cc2c1)oc1ccc(-c2c4ccccc4c(-c4cccc5c4[nH]c4ccccc45)c4ccccc24)cc13. The molecule has 8 aromatic carbocycles. The maximum Gasteiger partial charge on any atom is 0.136 e. The molecule has 1 N–H and O–H groups in total. The molecule has 0 radical (unpaired) electrons. The van der Waals surface area contributed by atoms with Crippen molar-refractivity contribution in [3.63, 3.8) is 0 Å². The first-order valence-corrected chi connectivity index (χ1v) is 15.1. The fourth-order valence-electron chi connectivity index (χ4n) is 7.43. The second kappa shape index (κ2) is 8.82. The topological polar surface area (TPSA) is 28.9 Å². The van der Waals surface area contributed by atoms with E-state index in [0.717, 1.165) is 27.5 Å². The van der Waals surface area contributed by atoms with Gasteiger partial charge in [0.2, 0.25) is 0 Å². The molecule has 0 spiro atoms. The van der Waals surface area contributed by atoms with E-state index in [1.165, 1.54) is 70.9 Å². The molecule has 0 saturated carbocycles. The molecule has 44 heavy (non-hydrogen) atoms. The predicted octanol–water partition coefficient (Wildman–Crippen LogP) is 12.0. The van der Waals surface area contributed by atoms with Crippen LogP contribution in [-0.2, 0) is 0 Å². The highest BCUT2D eigenvalue weighted by Gasteiger charge is 2.20. The van der Waals surface area contributed by atoms with E-state index in [2.05, 4.69) is 151 Å². The molecule has 0 saturated heterocycles. The monoisotopic (exact) mass is 559 g/mol. The first-order valence-electron chi connectivity index (χ1n) is 15.1. The van der Waals surface area contributed by atoms with Crippen LogP contribution in [0.1, 0.15) is 0 Å². The maximum absolute atomic E-state index is 6.37. The van der Waals surface area contributed by atoms with Crippen molar-refractivity contribution in [1.82, 2.24) is 4.98 Å². The number of fused-ring (bicyclic) bond motifs is 9. The molecule has 0 aliphatic heterocycles. The van der Waals surface area contributed by atoms with Crippen LogP contribution in [0.5, 0.6) is 0 Å². The second-order valence-corrected chi connectivity index (χ2v) is 11.7. The minimum absolute atomic E-state index is 0.912. The summed E-state index contributed by atoms with van der Waals surface area (Å²) in [5.74, 6) is 0. The van der Waals surface area contributed by atoms with Gasteiger partial charge in [0, 0.05) is 32.6 Å². The maximum atomic E-state index is 6.37. The molecule has 0 fully saturated rings. The van der Waals surface area contributed by atoms with Crippen molar-refractivity contribution < 1.29 is 4.42 Å². The number of rotatable bonds is 2. The summed E-state index contributed by atoms with van der Waals surface area (Å²) in [6.45, 7) is 0. The molecular weight excluding hydrogens is 534 g/mol. The normalized spacial score (nSPS) is 12.1. The minimum atomic E-state index is 0.912. The number of hydrogen-bond acceptors (Lipinski definition) is 1. The van der Waals surface area contributed by atoms with Crippen LogP contribution in [0, 0.1) is 0 Å². The molecule has 0 aliphatic rings. The Hall–Kier alpha value is -5.86. The summed E-state index contributed by atoms with van der Waals surface area (Å²) in [6.07, 6.45) is 0. The van der Waals surface area contributed by atoms with Gasteiger partial charge in [0.05, 0.1) is 5.52 Å². The Morgan fingerprint density at radius 1 is 0.386 bits per heavy atom. The summed E-state index contributed by atoms with van der Waals surface area (Å²) in [6, 6.07) is 52.6. The molecular formula is C42H25NO. The lowest BCUT2D eigenvalue weighted by molar-refractivity contribution is 0.669. The molecule has 2 heteroatoms. The van der Waals surface area contributed by atoms with Gasteiger partial charge in [-0.25, -0.2) is 0 Å². The van der Waals surface area contributed by atoms with E-state index in [1.54, 1.807) is 0 Å². The smallest absolute Gasteiger partial charge is 0.136 e. The van der Waals surface area contributed by atoms with Crippen LogP contribution in [0.3, 0.4) is 0 Å². The molecule has 0 aliphatic carbocycles. The summed E-state index contributed by atoms with van der Waals surface area (Å²) in [5, 5.41) is 12.2. The van der Waals surface area contributed by atoms with Gasteiger partial charge in [0.15, 0.2) is 0 Å². The van der Waals surface area contributed by atoms with E-state index in [1.807, 2.05) is 0 Å². The van der Waals surface area contributed by atoms with Gasteiger partial charge in [-0.3, -0.25) is 0 Å². The molecule has 0 atom stereocenters. The summed E-state index contributed by atoms with van der Waals surface area (Å²) in [5.41, 5.74) is 9.10. The van der Waals surface area contributed by atoms with E-state index < -0.39 is 0 Å². The van der Waals surface area contributed by atoms with Crippen LogP contribution >= 0.6 is 0 Å². The second-order valence-electron chi connectivity index (χ2n) is 11.7. The Balaban J connectivity index is 1.30. The Morgan fingerprint density at radius 3 is 1.73 bits per heavy atom.